The first kappa shape index (κ1) is 15.9. The van der Waals surface area contributed by atoms with Crippen LogP contribution in [0.4, 0.5) is 0 Å². The highest BCUT2D eigenvalue weighted by Gasteiger charge is 2.27. The zero-order valence-corrected chi connectivity index (χ0v) is 13.6. The Morgan fingerprint density at radius 1 is 1.48 bits per heavy atom. The summed E-state index contributed by atoms with van der Waals surface area (Å²) in [6, 6.07) is 0. The summed E-state index contributed by atoms with van der Waals surface area (Å²) in [7, 11) is 0. The standard InChI is InChI=1S/C14H22N4O2S/c1-14(2,3)13(20)15-7-10-5-4-6-18(8-10)12(19)11-9-21-17-16-11/h9-10H,4-8H2,1-3H3,(H,15,20). The van der Waals surface area contributed by atoms with E-state index < -0.39 is 0 Å². The third-order valence-corrected chi connectivity index (χ3v) is 4.12. The topological polar surface area (TPSA) is 75.2 Å². The molecule has 0 bridgehead atoms. The van der Waals surface area contributed by atoms with Crippen molar-refractivity contribution in [1.29, 1.82) is 0 Å². The van der Waals surface area contributed by atoms with E-state index in [9.17, 15) is 9.59 Å². The number of likely N-dealkylation sites (tertiary alicyclic amines) is 1. The Kier molecular flexibility index (Phi) is 4.92. The molecule has 1 aromatic rings. The molecular weight excluding hydrogens is 288 g/mol. The van der Waals surface area contributed by atoms with Crippen LogP contribution in [0.2, 0.25) is 0 Å². The molecule has 1 aromatic heterocycles. The molecule has 1 N–H and O–H groups in total. The van der Waals surface area contributed by atoms with Gasteiger partial charge in [0, 0.05) is 30.4 Å². The molecule has 0 saturated carbocycles. The van der Waals surface area contributed by atoms with Crippen molar-refractivity contribution in [2.45, 2.75) is 33.6 Å². The Morgan fingerprint density at radius 2 is 2.24 bits per heavy atom. The highest BCUT2D eigenvalue weighted by Crippen LogP contribution is 2.19. The average molecular weight is 310 g/mol. The first-order valence-corrected chi connectivity index (χ1v) is 8.06. The maximum Gasteiger partial charge on any atom is 0.275 e. The van der Waals surface area contributed by atoms with Gasteiger partial charge in [0.2, 0.25) is 5.91 Å². The summed E-state index contributed by atoms with van der Waals surface area (Å²) in [6.45, 7) is 7.73. The number of hydrogen-bond acceptors (Lipinski definition) is 5. The number of carbonyl (C=O) groups is 2. The quantitative estimate of drug-likeness (QED) is 0.919. The predicted octanol–water partition coefficient (Wildman–Crippen LogP) is 1.55. The number of nitrogens with one attached hydrogen (secondary N) is 1. The van der Waals surface area contributed by atoms with Gasteiger partial charge in [0.05, 0.1) is 0 Å². The molecule has 1 aliphatic rings. The number of hydrogen-bond donors (Lipinski definition) is 1. The van der Waals surface area contributed by atoms with Crippen LogP contribution in [0.15, 0.2) is 5.38 Å². The van der Waals surface area contributed by atoms with Crippen LogP contribution in [0.25, 0.3) is 0 Å². The van der Waals surface area contributed by atoms with Crippen molar-refractivity contribution in [2.24, 2.45) is 11.3 Å². The predicted molar refractivity (Wildman–Crippen MR) is 81.0 cm³/mol. The van der Waals surface area contributed by atoms with Crippen molar-refractivity contribution in [3.05, 3.63) is 11.1 Å². The Balaban J connectivity index is 1.86. The number of aromatic nitrogens is 2. The fourth-order valence-corrected chi connectivity index (χ4v) is 2.77. The third kappa shape index (κ3) is 4.23. The third-order valence-electron chi connectivity index (χ3n) is 3.62. The van der Waals surface area contributed by atoms with E-state index in [0.29, 0.717) is 24.7 Å². The largest absolute Gasteiger partial charge is 0.355 e. The Hall–Kier alpha value is -1.50. The van der Waals surface area contributed by atoms with Gasteiger partial charge in [0.1, 0.15) is 0 Å². The lowest BCUT2D eigenvalue weighted by Gasteiger charge is -2.33. The Labute approximate surface area is 129 Å². The molecular formula is C14H22N4O2S. The van der Waals surface area contributed by atoms with E-state index in [2.05, 4.69) is 14.9 Å². The van der Waals surface area contributed by atoms with Crippen LogP contribution in [0.1, 0.15) is 44.1 Å². The minimum atomic E-state index is -0.379. The molecule has 0 radical (unpaired) electrons. The Morgan fingerprint density at radius 3 is 2.86 bits per heavy atom. The lowest BCUT2D eigenvalue weighted by Crippen LogP contribution is -2.45. The molecule has 0 spiro atoms. The lowest BCUT2D eigenvalue weighted by atomic mass is 9.94. The van der Waals surface area contributed by atoms with Crippen LogP contribution in [-0.4, -0.2) is 45.9 Å². The summed E-state index contributed by atoms with van der Waals surface area (Å²) in [6.07, 6.45) is 1.99. The van der Waals surface area contributed by atoms with E-state index in [4.69, 9.17) is 0 Å². The van der Waals surface area contributed by atoms with Crippen LogP contribution >= 0.6 is 11.5 Å². The fraction of sp³-hybridized carbons (Fsp3) is 0.714. The zero-order valence-electron chi connectivity index (χ0n) is 12.8. The van der Waals surface area contributed by atoms with Gasteiger partial charge in [-0.2, -0.15) is 0 Å². The number of carbonyl (C=O) groups excluding carboxylic acids is 2. The first-order valence-electron chi connectivity index (χ1n) is 7.22. The molecule has 6 nitrogen and oxygen atoms in total. The van der Waals surface area contributed by atoms with Crippen LogP contribution < -0.4 is 5.32 Å². The minimum absolute atomic E-state index is 0.0506. The van der Waals surface area contributed by atoms with E-state index in [0.717, 1.165) is 19.4 Å². The summed E-state index contributed by atoms with van der Waals surface area (Å²) < 4.78 is 3.73. The molecule has 21 heavy (non-hydrogen) atoms. The average Bonchev–Trinajstić information content (AvgIpc) is 2.97. The second kappa shape index (κ2) is 6.51. The molecule has 2 amide bonds. The first-order chi connectivity index (χ1) is 9.88. The van der Waals surface area contributed by atoms with Gasteiger partial charge in [-0.1, -0.05) is 25.3 Å². The van der Waals surface area contributed by atoms with Crippen molar-refractivity contribution in [3.63, 3.8) is 0 Å². The van der Waals surface area contributed by atoms with Crippen LogP contribution in [0.3, 0.4) is 0 Å². The summed E-state index contributed by atoms with van der Waals surface area (Å²) in [5.41, 5.74) is 0.0376. The smallest absolute Gasteiger partial charge is 0.275 e. The Bertz CT molecular complexity index is 496. The van der Waals surface area contributed by atoms with E-state index >= 15 is 0 Å². The van der Waals surface area contributed by atoms with Crippen molar-refractivity contribution >= 4 is 23.3 Å². The molecule has 1 unspecified atom stereocenters. The van der Waals surface area contributed by atoms with Gasteiger partial charge in [0.15, 0.2) is 5.69 Å². The minimum Gasteiger partial charge on any atom is -0.355 e. The number of piperidine rings is 1. The lowest BCUT2D eigenvalue weighted by molar-refractivity contribution is -0.128. The van der Waals surface area contributed by atoms with Gasteiger partial charge >= 0.3 is 0 Å². The molecule has 1 aliphatic heterocycles. The van der Waals surface area contributed by atoms with Gasteiger partial charge in [-0.3, -0.25) is 9.59 Å². The van der Waals surface area contributed by atoms with E-state index in [1.54, 1.807) is 5.38 Å². The van der Waals surface area contributed by atoms with Crippen LogP contribution in [-0.2, 0) is 4.79 Å². The van der Waals surface area contributed by atoms with Crippen LogP contribution in [0, 0.1) is 11.3 Å². The van der Waals surface area contributed by atoms with Crippen LogP contribution in [0.5, 0.6) is 0 Å². The fourth-order valence-electron chi connectivity index (χ4n) is 2.34. The second-order valence-corrected chi connectivity index (χ2v) is 7.12. The summed E-state index contributed by atoms with van der Waals surface area (Å²) in [5.74, 6) is 0.297. The monoisotopic (exact) mass is 310 g/mol. The molecule has 0 aromatic carbocycles. The maximum atomic E-state index is 12.2. The van der Waals surface area contributed by atoms with Crippen molar-refractivity contribution in [3.8, 4) is 0 Å². The summed E-state index contributed by atoms with van der Waals surface area (Å²) >= 11 is 1.18. The molecule has 2 heterocycles. The number of rotatable bonds is 3. The van der Waals surface area contributed by atoms with Crippen molar-refractivity contribution in [1.82, 2.24) is 19.8 Å². The van der Waals surface area contributed by atoms with E-state index in [1.807, 2.05) is 25.7 Å². The highest BCUT2D eigenvalue weighted by molar-refractivity contribution is 7.03. The molecule has 2 rings (SSSR count). The van der Waals surface area contributed by atoms with Gasteiger partial charge in [-0.15, -0.1) is 5.10 Å². The number of nitrogens with zero attached hydrogens (tertiary/aromatic N) is 3. The molecule has 0 aliphatic carbocycles. The zero-order chi connectivity index (χ0) is 15.5. The second-order valence-electron chi connectivity index (χ2n) is 6.51. The summed E-state index contributed by atoms with van der Waals surface area (Å²) in [5, 5.41) is 8.49. The molecule has 1 atom stereocenters. The van der Waals surface area contributed by atoms with Crippen molar-refractivity contribution < 1.29 is 9.59 Å². The van der Waals surface area contributed by atoms with Gasteiger partial charge in [-0.25, -0.2) is 0 Å². The molecule has 1 fully saturated rings. The van der Waals surface area contributed by atoms with E-state index in [1.165, 1.54) is 11.5 Å². The SMILES string of the molecule is CC(C)(C)C(=O)NCC1CCCN(C(=O)c2csnn2)C1. The number of amides is 2. The van der Waals surface area contributed by atoms with Gasteiger partial charge in [-0.05, 0) is 30.3 Å². The molecule has 7 heteroatoms. The van der Waals surface area contributed by atoms with Gasteiger partial charge in [0.25, 0.3) is 5.91 Å². The normalized spacial score (nSPS) is 19.4. The maximum absolute atomic E-state index is 12.2. The molecule has 116 valence electrons. The highest BCUT2D eigenvalue weighted by atomic mass is 32.1. The van der Waals surface area contributed by atoms with Gasteiger partial charge < -0.3 is 10.2 Å². The molecule has 1 saturated heterocycles. The van der Waals surface area contributed by atoms with Crippen molar-refractivity contribution in [2.75, 3.05) is 19.6 Å². The van der Waals surface area contributed by atoms with E-state index in [-0.39, 0.29) is 17.2 Å². The summed E-state index contributed by atoms with van der Waals surface area (Å²) in [4.78, 5) is 26.0.